The van der Waals surface area contributed by atoms with E-state index in [-0.39, 0.29) is 12.7 Å². The molecule has 6 nitrogen and oxygen atoms in total. The molecule has 0 unspecified atom stereocenters. The third-order valence-corrected chi connectivity index (χ3v) is 5.75. The fourth-order valence-electron chi connectivity index (χ4n) is 3.69. The van der Waals surface area contributed by atoms with E-state index in [0.29, 0.717) is 29.1 Å². The van der Waals surface area contributed by atoms with Crippen molar-refractivity contribution < 1.29 is 23.8 Å². The van der Waals surface area contributed by atoms with Gasteiger partial charge in [0.25, 0.3) is 0 Å². The Morgan fingerprint density at radius 2 is 1.86 bits per heavy atom. The van der Waals surface area contributed by atoms with Crippen molar-refractivity contribution in [3.8, 4) is 0 Å². The zero-order chi connectivity index (χ0) is 20.3. The zero-order valence-electron chi connectivity index (χ0n) is 16.2. The number of rotatable bonds is 5. The summed E-state index contributed by atoms with van der Waals surface area (Å²) in [5.41, 5.74) is 2.90. The molecule has 2 aliphatic rings. The largest absolute Gasteiger partial charge is 0.466 e. The summed E-state index contributed by atoms with van der Waals surface area (Å²) in [5, 5.41) is 3.13. The second kappa shape index (κ2) is 8.92. The van der Waals surface area contributed by atoms with Crippen LogP contribution < -0.4 is 5.32 Å². The molecule has 0 aliphatic carbocycles. The van der Waals surface area contributed by atoms with Crippen LogP contribution in [-0.2, 0) is 23.8 Å². The Balaban J connectivity index is 1.99. The minimum atomic E-state index is -0.596. The fourth-order valence-corrected chi connectivity index (χ4v) is 4.20. The van der Waals surface area contributed by atoms with Crippen LogP contribution in [0.15, 0.2) is 51.3 Å². The van der Waals surface area contributed by atoms with Gasteiger partial charge in [0.1, 0.15) is 6.61 Å². The van der Waals surface area contributed by atoms with E-state index in [0.717, 1.165) is 22.9 Å². The SMILES string of the molecule is COC(=O)C1=C(C)NC(C)=C(C(=O)OC[C@@H]2CCCO2)[C@H]1c1ccccc1Br. The molecule has 1 fully saturated rings. The number of ether oxygens (including phenoxy) is 3. The molecule has 2 aliphatic heterocycles. The normalized spacial score (nSPS) is 22.1. The van der Waals surface area contributed by atoms with Gasteiger partial charge in [0.15, 0.2) is 0 Å². The Morgan fingerprint density at radius 1 is 1.18 bits per heavy atom. The second-order valence-electron chi connectivity index (χ2n) is 6.88. The summed E-state index contributed by atoms with van der Waals surface area (Å²) in [7, 11) is 1.33. The number of esters is 2. The number of carbonyl (C=O) groups excluding carboxylic acids is 2. The van der Waals surface area contributed by atoms with E-state index in [2.05, 4.69) is 21.2 Å². The minimum absolute atomic E-state index is 0.0688. The molecular formula is C21H24BrNO5. The Labute approximate surface area is 173 Å². The van der Waals surface area contributed by atoms with Crippen molar-refractivity contribution in [2.45, 2.75) is 38.7 Å². The molecule has 0 saturated carbocycles. The molecule has 150 valence electrons. The van der Waals surface area contributed by atoms with Gasteiger partial charge in [-0.05, 0) is 38.3 Å². The second-order valence-corrected chi connectivity index (χ2v) is 7.74. The van der Waals surface area contributed by atoms with Gasteiger partial charge in [0.2, 0.25) is 0 Å². The van der Waals surface area contributed by atoms with Crippen LogP contribution in [0.25, 0.3) is 0 Å². The monoisotopic (exact) mass is 449 g/mol. The lowest BCUT2D eigenvalue weighted by atomic mass is 9.80. The van der Waals surface area contributed by atoms with Crippen molar-refractivity contribution >= 4 is 27.9 Å². The first-order chi connectivity index (χ1) is 13.4. The van der Waals surface area contributed by atoms with Crippen LogP contribution in [0, 0.1) is 0 Å². The number of halogens is 1. The van der Waals surface area contributed by atoms with Gasteiger partial charge < -0.3 is 19.5 Å². The smallest absolute Gasteiger partial charge is 0.336 e. The zero-order valence-corrected chi connectivity index (χ0v) is 17.8. The molecule has 7 heteroatoms. The number of methoxy groups -OCH3 is 1. The molecule has 1 aromatic carbocycles. The van der Waals surface area contributed by atoms with Crippen LogP contribution in [0.4, 0.5) is 0 Å². The Morgan fingerprint density at radius 3 is 2.46 bits per heavy atom. The first-order valence-corrected chi connectivity index (χ1v) is 10.0. The van der Waals surface area contributed by atoms with E-state index >= 15 is 0 Å². The lowest BCUT2D eigenvalue weighted by Gasteiger charge is -2.31. The number of allylic oxidation sites excluding steroid dienone is 2. The number of dihydropyridines is 1. The molecular weight excluding hydrogens is 426 g/mol. The van der Waals surface area contributed by atoms with Gasteiger partial charge in [0.05, 0.1) is 30.3 Å². The molecule has 1 aromatic rings. The van der Waals surface area contributed by atoms with E-state index in [1.807, 2.05) is 31.2 Å². The molecule has 0 amide bonds. The highest BCUT2D eigenvalue weighted by atomic mass is 79.9. The highest BCUT2D eigenvalue weighted by Gasteiger charge is 2.38. The van der Waals surface area contributed by atoms with Crippen molar-refractivity contribution in [2.24, 2.45) is 0 Å². The summed E-state index contributed by atoms with van der Waals surface area (Å²) < 4.78 is 16.9. The van der Waals surface area contributed by atoms with Crippen molar-refractivity contribution in [1.29, 1.82) is 0 Å². The average molecular weight is 450 g/mol. The van der Waals surface area contributed by atoms with Crippen LogP contribution in [0.1, 0.15) is 38.2 Å². The van der Waals surface area contributed by atoms with Crippen LogP contribution in [0.5, 0.6) is 0 Å². The first-order valence-electron chi connectivity index (χ1n) is 9.24. The van der Waals surface area contributed by atoms with E-state index in [9.17, 15) is 9.59 Å². The van der Waals surface area contributed by atoms with E-state index < -0.39 is 17.9 Å². The predicted octanol–water partition coefficient (Wildman–Crippen LogP) is 3.58. The lowest BCUT2D eigenvalue weighted by Crippen LogP contribution is -2.33. The average Bonchev–Trinajstić information content (AvgIpc) is 3.19. The molecule has 0 aromatic heterocycles. The van der Waals surface area contributed by atoms with Gasteiger partial charge in [-0.15, -0.1) is 0 Å². The molecule has 2 atom stereocenters. The molecule has 28 heavy (non-hydrogen) atoms. The topological polar surface area (TPSA) is 73.9 Å². The van der Waals surface area contributed by atoms with Gasteiger partial charge >= 0.3 is 11.9 Å². The maximum absolute atomic E-state index is 13.1. The van der Waals surface area contributed by atoms with Gasteiger partial charge in [-0.2, -0.15) is 0 Å². The summed E-state index contributed by atoms with van der Waals surface area (Å²) in [6, 6.07) is 7.52. The summed E-state index contributed by atoms with van der Waals surface area (Å²) >= 11 is 3.55. The number of carbonyl (C=O) groups is 2. The van der Waals surface area contributed by atoms with Crippen molar-refractivity contribution in [2.75, 3.05) is 20.3 Å². The van der Waals surface area contributed by atoms with Crippen molar-refractivity contribution in [3.05, 3.63) is 56.8 Å². The Hall–Kier alpha value is -2.12. The summed E-state index contributed by atoms with van der Waals surface area (Å²) in [6.07, 6.45) is 1.78. The number of hydrogen-bond donors (Lipinski definition) is 1. The summed E-state index contributed by atoms with van der Waals surface area (Å²) in [5.74, 6) is -1.54. The molecule has 0 radical (unpaired) electrons. The third kappa shape index (κ3) is 4.15. The highest BCUT2D eigenvalue weighted by Crippen LogP contribution is 2.41. The van der Waals surface area contributed by atoms with Crippen LogP contribution in [0.2, 0.25) is 0 Å². The molecule has 0 spiro atoms. The maximum atomic E-state index is 13.1. The van der Waals surface area contributed by atoms with E-state index in [1.165, 1.54) is 7.11 Å². The van der Waals surface area contributed by atoms with Gasteiger partial charge in [-0.1, -0.05) is 34.1 Å². The highest BCUT2D eigenvalue weighted by molar-refractivity contribution is 9.10. The van der Waals surface area contributed by atoms with E-state index in [4.69, 9.17) is 14.2 Å². The molecule has 2 heterocycles. The number of benzene rings is 1. The minimum Gasteiger partial charge on any atom is -0.466 e. The predicted molar refractivity (Wildman–Crippen MR) is 107 cm³/mol. The van der Waals surface area contributed by atoms with E-state index in [1.54, 1.807) is 6.92 Å². The van der Waals surface area contributed by atoms with Gasteiger partial charge in [-0.25, -0.2) is 9.59 Å². The first kappa shape index (κ1) is 20.6. The summed E-state index contributed by atoms with van der Waals surface area (Å²) in [6.45, 7) is 4.51. The van der Waals surface area contributed by atoms with Crippen LogP contribution in [0.3, 0.4) is 0 Å². The molecule has 0 bridgehead atoms. The lowest BCUT2D eigenvalue weighted by molar-refractivity contribution is -0.142. The molecule has 1 saturated heterocycles. The number of nitrogens with one attached hydrogen (secondary N) is 1. The quantitative estimate of drug-likeness (QED) is 0.692. The molecule has 1 N–H and O–H groups in total. The van der Waals surface area contributed by atoms with Crippen LogP contribution >= 0.6 is 15.9 Å². The number of hydrogen-bond acceptors (Lipinski definition) is 6. The van der Waals surface area contributed by atoms with Gasteiger partial charge in [0, 0.05) is 22.5 Å². The summed E-state index contributed by atoms with van der Waals surface area (Å²) in [4.78, 5) is 25.6. The fraction of sp³-hybridized carbons (Fsp3) is 0.429. The Kier molecular flexibility index (Phi) is 6.57. The maximum Gasteiger partial charge on any atom is 0.336 e. The third-order valence-electron chi connectivity index (χ3n) is 5.03. The standard InChI is InChI=1S/C21H24BrNO5/c1-12-17(20(24)26-3)19(15-8-4-5-9-16(15)22)18(13(2)23-12)21(25)28-11-14-7-6-10-27-14/h4-5,8-9,14,19,23H,6-7,10-11H2,1-3H3/t14-,19-/m0/s1. The van der Waals surface area contributed by atoms with Crippen molar-refractivity contribution in [1.82, 2.24) is 5.32 Å². The van der Waals surface area contributed by atoms with Gasteiger partial charge in [-0.3, -0.25) is 0 Å². The Bertz CT molecular complexity index is 839. The van der Waals surface area contributed by atoms with Crippen molar-refractivity contribution in [3.63, 3.8) is 0 Å². The van der Waals surface area contributed by atoms with Crippen LogP contribution in [-0.4, -0.2) is 38.4 Å². The molecule has 3 rings (SSSR count).